The molecule has 1 heterocycles. The Morgan fingerprint density at radius 3 is 2.00 bits per heavy atom. The quantitative estimate of drug-likeness (QED) is 0.773. The highest BCUT2D eigenvalue weighted by molar-refractivity contribution is 5.72. The van der Waals surface area contributed by atoms with E-state index in [2.05, 4.69) is 57.8 Å². The third-order valence-corrected chi connectivity index (χ3v) is 3.11. The maximum atomic E-state index is 6.11. The standard InChI is InChI=1S/C15H22N4/c1-9-6-10(2)8-11(7-9)12-13(16)19(17)14(18-12)15(3,4)5/h6-8H,16-17H2,1-5H3. The molecular weight excluding hydrogens is 236 g/mol. The lowest BCUT2D eigenvalue weighted by molar-refractivity contribution is 0.532. The number of aromatic nitrogens is 2. The first-order valence-electron chi connectivity index (χ1n) is 6.42. The van der Waals surface area contributed by atoms with E-state index in [4.69, 9.17) is 11.6 Å². The van der Waals surface area contributed by atoms with Gasteiger partial charge >= 0.3 is 0 Å². The number of hydrogen-bond donors (Lipinski definition) is 2. The van der Waals surface area contributed by atoms with Crippen LogP contribution in [0, 0.1) is 13.8 Å². The summed E-state index contributed by atoms with van der Waals surface area (Å²) in [6.07, 6.45) is 0. The van der Waals surface area contributed by atoms with Gasteiger partial charge in [-0.3, -0.25) is 0 Å². The Kier molecular flexibility index (Phi) is 3.04. The lowest BCUT2D eigenvalue weighted by atomic mass is 9.96. The van der Waals surface area contributed by atoms with Gasteiger partial charge in [0.1, 0.15) is 11.5 Å². The second kappa shape index (κ2) is 4.30. The topological polar surface area (TPSA) is 69.9 Å². The number of nitrogens with zero attached hydrogens (tertiary/aromatic N) is 2. The molecule has 0 unspecified atom stereocenters. The van der Waals surface area contributed by atoms with Crippen molar-refractivity contribution in [2.24, 2.45) is 0 Å². The van der Waals surface area contributed by atoms with E-state index in [1.165, 1.54) is 15.8 Å². The van der Waals surface area contributed by atoms with E-state index in [1.54, 1.807) is 0 Å². The minimum atomic E-state index is -0.139. The van der Waals surface area contributed by atoms with Crippen molar-refractivity contribution in [3.63, 3.8) is 0 Å². The number of benzene rings is 1. The van der Waals surface area contributed by atoms with Gasteiger partial charge in [0.05, 0.1) is 0 Å². The third kappa shape index (κ3) is 2.43. The minimum absolute atomic E-state index is 0.139. The number of rotatable bonds is 1. The molecular formula is C15H22N4. The van der Waals surface area contributed by atoms with Crippen LogP contribution in [0.5, 0.6) is 0 Å². The van der Waals surface area contributed by atoms with Crippen molar-refractivity contribution in [2.45, 2.75) is 40.0 Å². The van der Waals surface area contributed by atoms with Gasteiger partial charge in [0.2, 0.25) is 0 Å². The fraction of sp³-hybridized carbons (Fsp3) is 0.400. The van der Waals surface area contributed by atoms with Crippen molar-refractivity contribution in [2.75, 3.05) is 11.6 Å². The highest BCUT2D eigenvalue weighted by Crippen LogP contribution is 2.31. The van der Waals surface area contributed by atoms with E-state index >= 15 is 0 Å². The average Bonchev–Trinajstić information content (AvgIpc) is 2.54. The fourth-order valence-corrected chi connectivity index (χ4v) is 2.30. The smallest absolute Gasteiger partial charge is 0.150 e. The van der Waals surface area contributed by atoms with Crippen LogP contribution in [0.4, 0.5) is 5.82 Å². The fourth-order valence-electron chi connectivity index (χ4n) is 2.30. The molecule has 19 heavy (non-hydrogen) atoms. The van der Waals surface area contributed by atoms with Gasteiger partial charge in [0.15, 0.2) is 5.82 Å². The van der Waals surface area contributed by atoms with Gasteiger partial charge in [-0.2, -0.15) is 0 Å². The highest BCUT2D eigenvalue weighted by atomic mass is 15.4. The summed E-state index contributed by atoms with van der Waals surface area (Å²) in [5.74, 6) is 7.33. The predicted octanol–water partition coefficient (Wildman–Crippen LogP) is 2.76. The summed E-state index contributed by atoms with van der Waals surface area (Å²) in [7, 11) is 0. The molecule has 0 amide bonds. The molecule has 0 saturated carbocycles. The summed E-state index contributed by atoms with van der Waals surface area (Å²) in [6.45, 7) is 10.4. The molecule has 102 valence electrons. The molecule has 0 radical (unpaired) electrons. The summed E-state index contributed by atoms with van der Waals surface area (Å²) in [4.78, 5) is 4.65. The first-order chi connectivity index (χ1) is 8.70. The number of hydrogen-bond acceptors (Lipinski definition) is 3. The number of anilines is 1. The predicted molar refractivity (Wildman–Crippen MR) is 80.4 cm³/mol. The summed E-state index contributed by atoms with van der Waals surface area (Å²) >= 11 is 0. The summed E-state index contributed by atoms with van der Waals surface area (Å²) in [5, 5.41) is 0. The maximum Gasteiger partial charge on any atom is 0.150 e. The van der Waals surface area contributed by atoms with Crippen molar-refractivity contribution >= 4 is 5.82 Å². The molecule has 1 aromatic heterocycles. The van der Waals surface area contributed by atoms with E-state index < -0.39 is 0 Å². The molecule has 0 bridgehead atoms. The Hall–Kier alpha value is -1.97. The lowest BCUT2D eigenvalue weighted by Crippen LogP contribution is -2.24. The molecule has 4 nitrogen and oxygen atoms in total. The van der Waals surface area contributed by atoms with E-state index in [9.17, 15) is 0 Å². The second-order valence-electron chi connectivity index (χ2n) is 6.17. The molecule has 0 saturated heterocycles. The Labute approximate surface area is 114 Å². The minimum Gasteiger partial charge on any atom is -0.382 e. The lowest BCUT2D eigenvalue weighted by Gasteiger charge is -2.17. The van der Waals surface area contributed by atoms with E-state index in [0.29, 0.717) is 5.82 Å². The van der Waals surface area contributed by atoms with Crippen molar-refractivity contribution in [1.29, 1.82) is 0 Å². The Balaban J connectivity index is 2.64. The van der Waals surface area contributed by atoms with Crippen LogP contribution in [0.3, 0.4) is 0 Å². The van der Waals surface area contributed by atoms with Gasteiger partial charge < -0.3 is 11.6 Å². The Morgan fingerprint density at radius 1 is 1.05 bits per heavy atom. The molecule has 2 rings (SSSR count). The molecule has 0 atom stereocenters. The van der Waals surface area contributed by atoms with Crippen LogP contribution < -0.4 is 11.6 Å². The largest absolute Gasteiger partial charge is 0.382 e. The number of nitrogen functional groups attached to an aromatic ring is 2. The van der Waals surface area contributed by atoms with E-state index in [1.807, 2.05) is 0 Å². The Morgan fingerprint density at radius 2 is 1.58 bits per heavy atom. The number of imidazole rings is 1. The first kappa shape index (κ1) is 13.5. The zero-order valence-electron chi connectivity index (χ0n) is 12.3. The zero-order valence-corrected chi connectivity index (χ0v) is 12.3. The van der Waals surface area contributed by atoms with Crippen LogP contribution >= 0.6 is 0 Å². The second-order valence-corrected chi connectivity index (χ2v) is 6.17. The van der Waals surface area contributed by atoms with Crippen LogP contribution in [0.1, 0.15) is 37.7 Å². The van der Waals surface area contributed by atoms with Gasteiger partial charge in [-0.05, 0) is 26.0 Å². The monoisotopic (exact) mass is 258 g/mol. The summed E-state index contributed by atoms with van der Waals surface area (Å²) in [5.41, 5.74) is 10.1. The van der Waals surface area contributed by atoms with Crippen molar-refractivity contribution in [3.05, 3.63) is 35.2 Å². The normalized spacial score (nSPS) is 11.8. The average molecular weight is 258 g/mol. The zero-order chi connectivity index (χ0) is 14.4. The molecule has 4 heteroatoms. The molecule has 0 fully saturated rings. The highest BCUT2D eigenvalue weighted by Gasteiger charge is 2.24. The van der Waals surface area contributed by atoms with Crippen molar-refractivity contribution in [1.82, 2.24) is 9.66 Å². The first-order valence-corrected chi connectivity index (χ1v) is 6.42. The molecule has 0 spiro atoms. The van der Waals surface area contributed by atoms with Gasteiger partial charge in [-0.1, -0.05) is 38.0 Å². The van der Waals surface area contributed by atoms with Gasteiger partial charge in [0, 0.05) is 11.0 Å². The van der Waals surface area contributed by atoms with Gasteiger partial charge in [-0.25, -0.2) is 9.66 Å². The molecule has 0 aliphatic heterocycles. The Bertz CT molecular complexity index is 598. The van der Waals surface area contributed by atoms with Crippen LogP contribution in [-0.4, -0.2) is 9.66 Å². The van der Waals surface area contributed by atoms with Crippen molar-refractivity contribution in [3.8, 4) is 11.3 Å². The van der Waals surface area contributed by atoms with Gasteiger partial charge in [-0.15, -0.1) is 0 Å². The van der Waals surface area contributed by atoms with E-state index in [0.717, 1.165) is 17.1 Å². The molecule has 0 aliphatic carbocycles. The van der Waals surface area contributed by atoms with Crippen LogP contribution in [0.2, 0.25) is 0 Å². The van der Waals surface area contributed by atoms with Crippen LogP contribution in [0.15, 0.2) is 18.2 Å². The number of aryl methyl sites for hydroxylation is 2. The van der Waals surface area contributed by atoms with E-state index in [-0.39, 0.29) is 5.41 Å². The molecule has 2 aromatic rings. The molecule has 1 aromatic carbocycles. The van der Waals surface area contributed by atoms with Crippen molar-refractivity contribution < 1.29 is 0 Å². The molecule has 4 N–H and O–H groups in total. The van der Waals surface area contributed by atoms with Gasteiger partial charge in [0.25, 0.3) is 0 Å². The third-order valence-electron chi connectivity index (χ3n) is 3.11. The SMILES string of the molecule is Cc1cc(C)cc(-c2nc(C(C)(C)C)n(N)c2N)c1. The summed E-state index contributed by atoms with van der Waals surface area (Å²) < 4.78 is 1.49. The summed E-state index contributed by atoms with van der Waals surface area (Å²) in [6, 6.07) is 6.29. The molecule has 0 aliphatic rings. The maximum absolute atomic E-state index is 6.11. The van der Waals surface area contributed by atoms with Crippen LogP contribution in [0.25, 0.3) is 11.3 Å². The number of nitrogens with two attached hydrogens (primary N) is 2. The van der Waals surface area contributed by atoms with Crippen LogP contribution in [-0.2, 0) is 5.41 Å².